The Hall–Kier alpha value is -1.53. The molecule has 4 aromatic heterocycles. The second-order valence-electron chi connectivity index (χ2n) is 10.3. The van der Waals surface area contributed by atoms with Gasteiger partial charge in [0.15, 0.2) is 6.29 Å². The molecule has 38 heavy (non-hydrogen) atoms. The van der Waals surface area contributed by atoms with Gasteiger partial charge >= 0.3 is 0 Å². The van der Waals surface area contributed by atoms with Gasteiger partial charge in [0.1, 0.15) is 0 Å². The van der Waals surface area contributed by atoms with Gasteiger partial charge in [-0.1, -0.05) is 84.1 Å². The summed E-state index contributed by atoms with van der Waals surface area (Å²) in [5.41, 5.74) is 2.87. The van der Waals surface area contributed by atoms with Crippen LogP contribution in [0.3, 0.4) is 0 Å². The summed E-state index contributed by atoms with van der Waals surface area (Å²) in [5, 5.41) is 2.18. The van der Waals surface area contributed by atoms with Crippen molar-refractivity contribution in [3.8, 4) is 29.3 Å². The first-order valence-electron chi connectivity index (χ1n) is 14.6. The number of rotatable bonds is 18. The molecule has 0 fully saturated rings. The number of thiophene rings is 4. The SMILES string of the molecule is CCCCCCCCc1cc(C=O)sc1-c1ccc(-c2sc(-c3cccs3)cc2CCCCCCCC)s1. The Morgan fingerprint density at radius 3 is 1.76 bits per heavy atom. The van der Waals surface area contributed by atoms with E-state index in [0.29, 0.717) is 0 Å². The molecule has 0 atom stereocenters. The number of carbonyl (C=O) groups is 1. The van der Waals surface area contributed by atoms with E-state index in [9.17, 15) is 4.79 Å². The molecule has 0 aliphatic heterocycles. The van der Waals surface area contributed by atoms with Crippen molar-refractivity contribution < 1.29 is 4.79 Å². The van der Waals surface area contributed by atoms with Crippen LogP contribution in [0.15, 0.2) is 41.8 Å². The van der Waals surface area contributed by atoms with Crippen molar-refractivity contribution in [3.05, 3.63) is 57.8 Å². The summed E-state index contributed by atoms with van der Waals surface area (Å²) in [6.45, 7) is 4.55. The number of aryl methyl sites for hydroxylation is 2. The van der Waals surface area contributed by atoms with Gasteiger partial charge in [0.25, 0.3) is 0 Å². The van der Waals surface area contributed by atoms with E-state index in [1.807, 2.05) is 34.0 Å². The van der Waals surface area contributed by atoms with Crippen molar-refractivity contribution in [2.45, 2.75) is 104 Å². The topological polar surface area (TPSA) is 17.1 Å². The van der Waals surface area contributed by atoms with Gasteiger partial charge in [-0.3, -0.25) is 4.79 Å². The molecule has 0 amide bonds. The smallest absolute Gasteiger partial charge is 0.160 e. The van der Waals surface area contributed by atoms with E-state index in [4.69, 9.17) is 0 Å². The van der Waals surface area contributed by atoms with Crippen LogP contribution in [-0.4, -0.2) is 6.29 Å². The van der Waals surface area contributed by atoms with E-state index in [2.05, 4.69) is 55.6 Å². The van der Waals surface area contributed by atoms with E-state index >= 15 is 0 Å². The van der Waals surface area contributed by atoms with E-state index in [1.54, 1.807) is 11.3 Å². The van der Waals surface area contributed by atoms with Crippen LogP contribution < -0.4 is 0 Å². The molecule has 0 radical (unpaired) electrons. The lowest BCUT2D eigenvalue weighted by Crippen LogP contribution is -1.86. The Kier molecular flexibility index (Phi) is 12.3. The Morgan fingerprint density at radius 1 is 0.605 bits per heavy atom. The molecule has 0 spiro atoms. The summed E-state index contributed by atoms with van der Waals surface area (Å²) >= 11 is 7.37. The average Bonchev–Trinajstić information content (AvgIpc) is 3.73. The van der Waals surface area contributed by atoms with E-state index in [0.717, 1.165) is 24.0 Å². The molecule has 4 aromatic rings. The Morgan fingerprint density at radius 2 is 1.18 bits per heavy atom. The maximum atomic E-state index is 11.6. The molecule has 1 nitrogen and oxygen atoms in total. The fraction of sp³-hybridized carbons (Fsp3) is 0.485. The fourth-order valence-corrected chi connectivity index (χ4v) is 9.40. The minimum atomic E-state index is 0.857. The van der Waals surface area contributed by atoms with Gasteiger partial charge in [-0.15, -0.1) is 45.3 Å². The van der Waals surface area contributed by atoms with Crippen LogP contribution >= 0.6 is 45.3 Å². The standard InChI is InChI=1S/C33H42OS4/c1-3-5-7-9-11-13-16-25-22-27(24-34)36-32(25)29-19-20-30(37-29)33-26(17-14-12-10-8-6-4-2)23-31(38-33)28-18-15-21-35-28/h15,18-24H,3-14,16-17H2,1-2H3. The van der Waals surface area contributed by atoms with Crippen molar-refractivity contribution in [3.63, 3.8) is 0 Å². The zero-order chi connectivity index (χ0) is 26.6. The van der Waals surface area contributed by atoms with Crippen LogP contribution in [0.4, 0.5) is 0 Å². The third-order valence-electron chi connectivity index (χ3n) is 7.17. The monoisotopic (exact) mass is 582 g/mol. The summed E-state index contributed by atoms with van der Waals surface area (Å²) in [4.78, 5) is 20.7. The molecule has 4 heterocycles. The van der Waals surface area contributed by atoms with Crippen molar-refractivity contribution in [1.82, 2.24) is 0 Å². The second kappa shape index (κ2) is 15.9. The third kappa shape index (κ3) is 8.24. The van der Waals surface area contributed by atoms with Gasteiger partial charge in [0, 0.05) is 29.3 Å². The molecule has 204 valence electrons. The zero-order valence-corrected chi connectivity index (χ0v) is 26.3. The third-order valence-corrected chi connectivity index (χ3v) is 12.0. The maximum Gasteiger partial charge on any atom is 0.160 e. The number of aldehydes is 1. The molecular weight excluding hydrogens is 541 g/mol. The minimum Gasteiger partial charge on any atom is -0.297 e. The first kappa shape index (κ1) is 29.5. The van der Waals surface area contributed by atoms with Crippen LogP contribution in [0.1, 0.15) is 112 Å². The van der Waals surface area contributed by atoms with Crippen molar-refractivity contribution in [2.24, 2.45) is 0 Å². The summed E-state index contributed by atoms with van der Waals surface area (Å²) in [6.07, 6.45) is 19.0. The Labute approximate surface area is 246 Å². The van der Waals surface area contributed by atoms with Gasteiger partial charge in [0.2, 0.25) is 0 Å². The number of unbranched alkanes of at least 4 members (excludes halogenated alkanes) is 10. The van der Waals surface area contributed by atoms with Crippen LogP contribution in [0.5, 0.6) is 0 Å². The summed E-state index contributed by atoms with van der Waals surface area (Å²) in [5.74, 6) is 0. The number of hydrogen-bond donors (Lipinski definition) is 0. The molecule has 0 aliphatic carbocycles. The van der Waals surface area contributed by atoms with Crippen LogP contribution in [0.25, 0.3) is 29.3 Å². The summed E-state index contributed by atoms with van der Waals surface area (Å²) in [6, 6.07) is 13.6. The Balaban J connectivity index is 1.51. The average molecular weight is 583 g/mol. The molecular formula is C33H42OS4. The van der Waals surface area contributed by atoms with Gasteiger partial charge in [0.05, 0.1) is 4.88 Å². The molecule has 0 N–H and O–H groups in total. The Bertz CT molecular complexity index is 1220. The van der Waals surface area contributed by atoms with Gasteiger partial charge < -0.3 is 0 Å². The molecule has 0 aromatic carbocycles. The first-order chi connectivity index (χ1) is 18.7. The van der Waals surface area contributed by atoms with E-state index in [1.165, 1.54) is 117 Å². The molecule has 0 unspecified atom stereocenters. The first-order valence-corrected chi connectivity index (χ1v) is 17.9. The van der Waals surface area contributed by atoms with Crippen LogP contribution in [0.2, 0.25) is 0 Å². The molecule has 4 rings (SSSR count). The summed E-state index contributed by atoms with van der Waals surface area (Å²) in [7, 11) is 0. The van der Waals surface area contributed by atoms with Crippen LogP contribution in [0, 0.1) is 0 Å². The van der Waals surface area contributed by atoms with Gasteiger partial charge in [-0.25, -0.2) is 0 Å². The largest absolute Gasteiger partial charge is 0.297 e. The fourth-order valence-electron chi connectivity index (χ4n) is 5.04. The zero-order valence-electron chi connectivity index (χ0n) is 23.1. The van der Waals surface area contributed by atoms with Gasteiger partial charge in [-0.05, 0) is 72.5 Å². The number of hydrogen-bond acceptors (Lipinski definition) is 5. The highest BCUT2D eigenvalue weighted by atomic mass is 32.1. The second-order valence-corrected chi connectivity index (χ2v) is 14.4. The number of carbonyl (C=O) groups excluding carboxylic acids is 1. The quantitative estimate of drug-likeness (QED) is 0.0842. The highest BCUT2D eigenvalue weighted by Gasteiger charge is 2.18. The molecule has 0 saturated carbocycles. The lowest BCUT2D eigenvalue weighted by atomic mass is 10.0. The lowest BCUT2D eigenvalue weighted by Gasteiger charge is -2.04. The van der Waals surface area contributed by atoms with Crippen molar-refractivity contribution in [1.29, 1.82) is 0 Å². The molecule has 0 saturated heterocycles. The van der Waals surface area contributed by atoms with Crippen LogP contribution in [-0.2, 0) is 12.8 Å². The minimum absolute atomic E-state index is 0.857. The predicted octanol–water partition coefficient (Wildman–Crippen LogP) is 12.6. The van der Waals surface area contributed by atoms with E-state index < -0.39 is 0 Å². The lowest BCUT2D eigenvalue weighted by molar-refractivity contribution is 0.112. The highest BCUT2D eigenvalue weighted by molar-refractivity contribution is 7.28. The molecule has 0 aliphatic rings. The predicted molar refractivity (Wildman–Crippen MR) is 174 cm³/mol. The highest BCUT2D eigenvalue weighted by Crippen LogP contribution is 2.46. The molecule has 5 heteroatoms. The molecule has 0 bridgehead atoms. The maximum absolute atomic E-state index is 11.6. The normalized spacial score (nSPS) is 11.4. The van der Waals surface area contributed by atoms with Crippen molar-refractivity contribution >= 4 is 51.6 Å². The van der Waals surface area contributed by atoms with E-state index in [-0.39, 0.29) is 0 Å². The summed E-state index contributed by atoms with van der Waals surface area (Å²) < 4.78 is 0. The van der Waals surface area contributed by atoms with Crippen molar-refractivity contribution in [2.75, 3.05) is 0 Å². The van der Waals surface area contributed by atoms with Gasteiger partial charge in [-0.2, -0.15) is 0 Å².